The molecule has 1 unspecified atom stereocenters. The summed E-state index contributed by atoms with van der Waals surface area (Å²) in [5.74, 6) is 0. The van der Waals surface area contributed by atoms with Crippen LogP contribution < -0.4 is 5.32 Å². The summed E-state index contributed by atoms with van der Waals surface area (Å²) < 4.78 is 0. The van der Waals surface area contributed by atoms with E-state index in [1.54, 1.807) is 12.1 Å². The van der Waals surface area contributed by atoms with Gasteiger partial charge in [-0.1, -0.05) is 41.9 Å². The second-order valence-corrected chi connectivity index (χ2v) is 6.67. The molecule has 122 valence electrons. The predicted octanol–water partition coefficient (Wildman–Crippen LogP) is 4.52. The highest BCUT2D eigenvalue weighted by Crippen LogP contribution is 2.34. The molecule has 0 aliphatic heterocycles. The lowest BCUT2D eigenvalue weighted by Gasteiger charge is -2.17. The standard InChI is InChI=1S/C20H19ClN2O/c21-14-10-8-13(9-11-14)19(24)12-22-20-15-4-1-2-6-17(15)23-18-7-3-5-16(18)20/h1-2,4,6,8-11,19,24H,3,5,7,12H2,(H,22,23). The van der Waals surface area contributed by atoms with E-state index in [9.17, 15) is 5.11 Å². The molecule has 4 heteroatoms. The first-order valence-electron chi connectivity index (χ1n) is 8.30. The average Bonchev–Trinajstić information content (AvgIpc) is 3.07. The van der Waals surface area contributed by atoms with E-state index in [4.69, 9.17) is 16.6 Å². The Hall–Kier alpha value is -2.10. The number of aromatic nitrogens is 1. The van der Waals surface area contributed by atoms with Crippen LogP contribution in [0.4, 0.5) is 5.69 Å². The molecule has 2 N–H and O–H groups in total. The van der Waals surface area contributed by atoms with Crippen LogP contribution in [-0.2, 0) is 12.8 Å². The SMILES string of the molecule is OC(CNc1c2c(nc3ccccc13)CCC2)c1ccc(Cl)cc1. The van der Waals surface area contributed by atoms with Crippen LogP contribution in [-0.4, -0.2) is 16.6 Å². The summed E-state index contributed by atoms with van der Waals surface area (Å²) in [5.41, 5.74) is 5.50. The summed E-state index contributed by atoms with van der Waals surface area (Å²) in [6.45, 7) is 0.460. The first kappa shape index (κ1) is 15.4. The lowest BCUT2D eigenvalue weighted by molar-refractivity contribution is 0.191. The Bertz CT molecular complexity index is 877. The number of rotatable bonds is 4. The lowest BCUT2D eigenvalue weighted by Crippen LogP contribution is -2.14. The number of nitrogens with zero attached hydrogens (tertiary/aromatic N) is 1. The van der Waals surface area contributed by atoms with Crippen LogP contribution in [0.15, 0.2) is 48.5 Å². The number of aryl methyl sites for hydroxylation is 1. The van der Waals surface area contributed by atoms with E-state index in [0.29, 0.717) is 11.6 Å². The van der Waals surface area contributed by atoms with Gasteiger partial charge in [-0.25, -0.2) is 0 Å². The third-order valence-electron chi connectivity index (χ3n) is 4.65. The Labute approximate surface area is 146 Å². The van der Waals surface area contributed by atoms with Crippen molar-refractivity contribution in [3.05, 3.63) is 70.4 Å². The van der Waals surface area contributed by atoms with E-state index in [0.717, 1.165) is 41.4 Å². The number of fused-ring (bicyclic) bond motifs is 2. The van der Waals surface area contributed by atoms with Gasteiger partial charge >= 0.3 is 0 Å². The van der Waals surface area contributed by atoms with Gasteiger partial charge in [-0.15, -0.1) is 0 Å². The summed E-state index contributed by atoms with van der Waals surface area (Å²) >= 11 is 5.91. The molecule has 1 aliphatic carbocycles. The van der Waals surface area contributed by atoms with Gasteiger partial charge in [0.05, 0.1) is 11.6 Å². The minimum Gasteiger partial charge on any atom is -0.387 e. The van der Waals surface area contributed by atoms with Crippen LogP contribution in [0, 0.1) is 0 Å². The van der Waals surface area contributed by atoms with Crippen molar-refractivity contribution < 1.29 is 5.11 Å². The van der Waals surface area contributed by atoms with Crippen LogP contribution in [0.25, 0.3) is 10.9 Å². The zero-order valence-corrected chi connectivity index (χ0v) is 14.1. The van der Waals surface area contributed by atoms with Crippen LogP contribution in [0.5, 0.6) is 0 Å². The van der Waals surface area contributed by atoms with Crippen molar-refractivity contribution in [2.75, 3.05) is 11.9 Å². The van der Waals surface area contributed by atoms with Crippen LogP contribution in [0.1, 0.15) is 29.3 Å². The fourth-order valence-corrected chi connectivity index (χ4v) is 3.54. The number of benzene rings is 2. The number of pyridine rings is 1. The molecule has 0 bridgehead atoms. The van der Waals surface area contributed by atoms with Crippen LogP contribution >= 0.6 is 11.6 Å². The maximum Gasteiger partial charge on any atom is 0.0962 e. The van der Waals surface area contributed by atoms with Gasteiger partial charge in [-0.3, -0.25) is 4.98 Å². The van der Waals surface area contributed by atoms with E-state index in [-0.39, 0.29) is 0 Å². The molecule has 3 aromatic rings. The van der Waals surface area contributed by atoms with Crippen molar-refractivity contribution >= 4 is 28.2 Å². The lowest BCUT2D eigenvalue weighted by atomic mass is 10.1. The Kier molecular flexibility index (Phi) is 4.13. The molecule has 24 heavy (non-hydrogen) atoms. The van der Waals surface area contributed by atoms with Crippen molar-refractivity contribution in [3.63, 3.8) is 0 Å². The van der Waals surface area contributed by atoms with E-state index >= 15 is 0 Å². The van der Waals surface area contributed by atoms with E-state index in [1.807, 2.05) is 24.3 Å². The molecule has 0 radical (unpaired) electrons. The second-order valence-electron chi connectivity index (χ2n) is 6.23. The van der Waals surface area contributed by atoms with Crippen molar-refractivity contribution in [1.29, 1.82) is 0 Å². The number of halogens is 1. The highest BCUT2D eigenvalue weighted by atomic mass is 35.5. The monoisotopic (exact) mass is 338 g/mol. The largest absolute Gasteiger partial charge is 0.387 e. The molecule has 1 aliphatic rings. The number of aliphatic hydroxyl groups excluding tert-OH is 1. The Morgan fingerprint density at radius 1 is 1.08 bits per heavy atom. The molecular weight excluding hydrogens is 320 g/mol. The molecular formula is C20H19ClN2O. The number of hydrogen-bond donors (Lipinski definition) is 2. The van der Waals surface area contributed by atoms with Crippen molar-refractivity contribution in [1.82, 2.24) is 4.98 Å². The van der Waals surface area contributed by atoms with Gasteiger partial charge in [0.1, 0.15) is 0 Å². The fourth-order valence-electron chi connectivity index (χ4n) is 3.41. The molecule has 3 nitrogen and oxygen atoms in total. The molecule has 0 amide bonds. The number of nitrogens with one attached hydrogen (secondary N) is 1. The summed E-state index contributed by atoms with van der Waals surface area (Å²) in [4.78, 5) is 4.79. The van der Waals surface area contributed by atoms with Crippen LogP contribution in [0.3, 0.4) is 0 Å². The van der Waals surface area contributed by atoms with Crippen molar-refractivity contribution in [2.45, 2.75) is 25.4 Å². The van der Waals surface area contributed by atoms with Gasteiger partial charge in [0, 0.05) is 28.3 Å². The topological polar surface area (TPSA) is 45.1 Å². The molecule has 0 fully saturated rings. The number of hydrogen-bond acceptors (Lipinski definition) is 3. The highest BCUT2D eigenvalue weighted by molar-refractivity contribution is 6.30. The van der Waals surface area contributed by atoms with Gasteiger partial charge in [0.2, 0.25) is 0 Å². The van der Waals surface area contributed by atoms with E-state index in [2.05, 4.69) is 17.4 Å². The molecule has 0 saturated heterocycles. The Morgan fingerprint density at radius 3 is 2.71 bits per heavy atom. The molecule has 1 atom stereocenters. The first-order chi connectivity index (χ1) is 11.7. The molecule has 0 saturated carbocycles. The third kappa shape index (κ3) is 2.85. The summed E-state index contributed by atoms with van der Waals surface area (Å²) in [6, 6.07) is 15.5. The minimum absolute atomic E-state index is 0.460. The zero-order valence-electron chi connectivity index (χ0n) is 13.3. The van der Waals surface area contributed by atoms with E-state index < -0.39 is 6.10 Å². The van der Waals surface area contributed by atoms with Gasteiger partial charge in [0.25, 0.3) is 0 Å². The summed E-state index contributed by atoms with van der Waals surface area (Å²) in [7, 11) is 0. The number of anilines is 1. The number of para-hydroxylation sites is 1. The second kappa shape index (κ2) is 6.42. The molecule has 1 aromatic heterocycles. The normalized spacial score (nSPS) is 14.6. The Balaban J connectivity index is 1.63. The smallest absolute Gasteiger partial charge is 0.0962 e. The maximum atomic E-state index is 10.5. The fraction of sp³-hybridized carbons (Fsp3) is 0.250. The van der Waals surface area contributed by atoms with Gasteiger partial charge in [-0.05, 0) is 48.6 Å². The first-order valence-corrected chi connectivity index (χ1v) is 8.68. The molecule has 2 aromatic carbocycles. The summed E-state index contributed by atoms with van der Waals surface area (Å²) in [6.07, 6.45) is 2.65. The van der Waals surface area contributed by atoms with Gasteiger partial charge in [0.15, 0.2) is 0 Å². The summed E-state index contributed by atoms with van der Waals surface area (Å²) in [5, 5.41) is 15.8. The molecule has 4 rings (SSSR count). The average molecular weight is 339 g/mol. The molecule has 1 heterocycles. The maximum absolute atomic E-state index is 10.5. The van der Waals surface area contributed by atoms with Crippen LogP contribution in [0.2, 0.25) is 5.02 Å². The van der Waals surface area contributed by atoms with Crippen molar-refractivity contribution in [3.8, 4) is 0 Å². The number of aliphatic hydroxyl groups is 1. The van der Waals surface area contributed by atoms with E-state index in [1.165, 1.54) is 11.3 Å². The Morgan fingerprint density at radius 2 is 1.88 bits per heavy atom. The zero-order chi connectivity index (χ0) is 16.5. The highest BCUT2D eigenvalue weighted by Gasteiger charge is 2.20. The predicted molar refractivity (Wildman–Crippen MR) is 98.7 cm³/mol. The van der Waals surface area contributed by atoms with Gasteiger partial charge in [-0.2, -0.15) is 0 Å². The minimum atomic E-state index is -0.578. The van der Waals surface area contributed by atoms with Crippen molar-refractivity contribution in [2.24, 2.45) is 0 Å². The van der Waals surface area contributed by atoms with Gasteiger partial charge < -0.3 is 10.4 Å². The third-order valence-corrected chi connectivity index (χ3v) is 4.90. The quantitative estimate of drug-likeness (QED) is 0.735. The molecule has 0 spiro atoms.